The Morgan fingerprint density at radius 2 is 1.62 bits per heavy atom. The first-order chi connectivity index (χ1) is 12.7. The topological polar surface area (TPSA) is 59.1 Å². The van der Waals surface area contributed by atoms with Gasteiger partial charge in [-0.1, -0.05) is 6.07 Å². The molecule has 3 heterocycles. The molecule has 2 aliphatic heterocycles. The van der Waals surface area contributed by atoms with Gasteiger partial charge in [0.25, 0.3) is 11.8 Å². The molecule has 1 aromatic carbocycles. The summed E-state index contributed by atoms with van der Waals surface area (Å²) in [5.41, 5.74) is 0.590. The van der Waals surface area contributed by atoms with Crippen molar-refractivity contribution in [3.8, 4) is 11.5 Å². The van der Waals surface area contributed by atoms with Crippen LogP contribution in [-0.4, -0.2) is 61.0 Å². The van der Waals surface area contributed by atoms with E-state index in [0.717, 1.165) is 11.3 Å². The van der Waals surface area contributed by atoms with E-state index < -0.39 is 0 Å². The molecular formula is C19H20N2O4S. The molecule has 0 unspecified atom stereocenters. The van der Waals surface area contributed by atoms with Crippen molar-refractivity contribution in [3.63, 3.8) is 0 Å². The van der Waals surface area contributed by atoms with Crippen LogP contribution in [0.25, 0.3) is 0 Å². The third-order valence-electron chi connectivity index (χ3n) is 4.59. The highest BCUT2D eigenvalue weighted by Gasteiger charge is 2.25. The molecule has 136 valence electrons. The van der Waals surface area contributed by atoms with Crippen molar-refractivity contribution >= 4 is 23.2 Å². The van der Waals surface area contributed by atoms with Gasteiger partial charge in [-0.2, -0.15) is 0 Å². The van der Waals surface area contributed by atoms with Gasteiger partial charge in [0.2, 0.25) is 0 Å². The van der Waals surface area contributed by atoms with Gasteiger partial charge >= 0.3 is 0 Å². The van der Waals surface area contributed by atoms with Gasteiger partial charge in [0.1, 0.15) is 13.2 Å². The number of nitrogens with zero attached hydrogens (tertiary/aromatic N) is 2. The number of rotatable bonds is 2. The number of carbonyl (C=O) groups is 2. The van der Waals surface area contributed by atoms with E-state index >= 15 is 0 Å². The fourth-order valence-electron chi connectivity index (χ4n) is 3.24. The minimum atomic E-state index is -0.0348. The fourth-order valence-corrected chi connectivity index (χ4v) is 3.93. The van der Waals surface area contributed by atoms with Gasteiger partial charge in [-0.25, -0.2) is 0 Å². The van der Waals surface area contributed by atoms with Crippen LogP contribution in [0, 0.1) is 0 Å². The van der Waals surface area contributed by atoms with Crippen molar-refractivity contribution < 1.29 is 19.1 Å². The first-order valence-electron chi connectivity index (χ1n) is 8.74. The van der Waals surface area contributed by atoms with Gasteiger partial charge in [0.05, 0.1) is 4.88 Å². The fraction of sp³-hybridized carbons (Fsp3) is 0.368. The molecule has 0 bridgehead atoms. The number of hydrogen-bond donors (Lipinski definition) is 0. The Kier molecular flexibility index (Phi) is 4.79. The van der Waals surface area contributed by atoms with E-state index in [1.165, 1.54) is 11.3 Å². The van der Waals surface area contributed by atoms with Gasteiger partial charge in [0, 0.05) is 31.7 Å². The Morgan fingerprint density at radius 1 is 0.885 bits per heavy atom. The van der Waals surface area contributed by atoms with Crippen LogP contribution >= 0.6 is 11.3 Å². The summed E-state index contributed by atoms with van der Waals surface area (Å²) in [6.07, 6.45) is 0.771. The lowest BCUT2D eigenvalue weighted by Crippen LogP contribution is -2.37. The smallest absolute Gasteiger partial charge is 0.263 e. The van der Waals surface area contributed by atoms with Crippen molar-refractivity contribution in [1.82, 2.24) is 9.80 Å². The van der Waals surface area contributed by atoms with E-state index in [-0.39, 0.29) is 11.8 Å². The Morgan fingerprint density at radius 3 is 2.35 bits per heavy atom. The highest BCUT2D eigenvalue weighted by atomic mass is 32.1. The maximum absolute atomic E-state index is 12.9. The summed E-state index contributed by atoms with van der Waals surface area (Å²) in [4.78, 5) is 29.8. The minimum absolute atomic E-state index is 0.0348. The van der Waals surface area contributed by atoms with Gasteiger partial charge in [-0.05, 0) is 36.1 Å². The number of ether oxygens (including phenoxy) is 2. The summed E-state index contributed by atoms with van der Waals surface area (Å²) in [5.74, 6) is 1.31. The molecule has 2 aromatic rings. The van der Waals surface area contributed by atoms with Crippen LogP contribution < -0.4 is 9.47 Å². The number of carbonyl (C=O) groups excluding carboxylic acids is 2. The second-order valence-electron chi connectivity index (χ2n) is 6.27. The Labute approximate surface area is 155 Å². The number of benzene rings is 1. The number of thiophene rings is 1. The normalized spacial score (nSPS) is 16.9. The van der Waals surface area contributed by atoms with E-state index in [4.69, 9.17) is 9.47 Å². The molecule has 0 radical (unpaired) electrons. The largest absolute Gasteiger partial charge is 0.486 e. The van der Waals surface area contributed by atoms with Crippen molar-refractivity contribution in [2.24, 2.45) is 0 Å². The lowest BCUT2D eigenvalue weighted by atomic mass is 10.1. The van der Waals surface area contributed by atoms with Crippen LogP contribution in [-0.2, 0) is 0 Å². The quantitative estimate of drug-likeness (QED) is 0.813. The molecule has 1 saturated heterocycles. The number of amides is 2. The SMILES string of the molecule is O=C(c1ccc2c(c1)OCCO2)N1CCCN(C(=O)c2cccs2)CC1. The minimum Gasteiger partial charge on any atom is -0.486 e. The van der Waals surface area contributed by atoms with E-state index in [9.17, 15) is 9.59 Å². The molecule has 0 N–H and O–H groups in total. The highest BCUT2D eigenvalue weighted by Crippen LogP contribution is 2.31. The summed E-state index contributed by atoms with van der Waals surface area (Å²) in [7, 11) is 0. The number of fused-ring (bicyclic) bond motifs is 1. The standard InChI is InChI=1S/C19H20N2O4S/c22-18(14-4-5-15-16(13-14)25-11-10-24-15)20-6-2-7-21(9-8-20)19(23)17-3-1-12-26-17/h1,3-5,12-13H,2,6-11H2. The summed E-state index contributed by atoms with van der Waals surface area (Å²) in [6, 6.07) is 9.03. The Balaban J connectivity index is 1.44. The zero-order chi connectivity index (χ0) is 17.9. The van der Waals surface area contributed by atoms with Crippen molar-refractivity contribution in [2.75, 3.05) is 39.4 Å². The van der Waals surface area contributed by atoms with Gasteiger partial charge in [-0.3, -0.25) is 9.59 Å². The molecule has 0 atom stereocenters. The van der Waals surface area contributed by atoms with Crippen molar-refractivity contribution in [3.05, 3.63) is 46.2 Å². The van der Waals surface area contributed by atoms with Gasteiger partial charge < -0.3 is 19.3 Å². The molecule has 0 saturated carbocycles. The van der Waals surface area contributed by atoms with E-state index in [2.05, 4.69) is 0 Å². The Hall–Kier alpha value is -2.54. The summed E-state index contributed by atoms with van der Waals surface area (Å²) in [6.45, 7) is 3.41. The van der Waals surface area contributed by atoms with E-state index in [1.807, 2.05) is 27.3 Å². The van der Waals surface area contributed by atoms with Gasteiger partial charge in [-0.15, -0.1) is 11.3 Å². The lowest BCUT2D eigenvalue weighted by molar-refractivity contribution is 0.0720. The average molecular weight is 372 g/mol. The zero-order valence-corrected chi connectivity index (χ0v) is 15.2. The maximum atomic E-state index is 12.9. The molecule has 7 heteroatoms. The van der Waals surface area contributed by atoms with Crippen LogP contribution in [0.4, 0.5) is 0 Å². The molecule has 4 rings (SSSR count). The number of hydrogen-bond acceptors (Lipinski definition) is 5. The highest BCUT2D eigenvalue weighted by molar-refractivity contribution is 7.12. The first kappa shape index (κ1) is 16.9. The second kappa shape index (κ2) is 7.37. The van der Waals surface area contributed by atoms with Crippen LogP contribution in [0.5, 0.6) is 11.5 Å². The van der Waals surface area contributed by atoms with Gasteiger partial charge in [0.15, 0.2) is 11.5 Å². The summed E-state index contributed by atoms with van der Waals surface area (Å²) in [5, 5.41) is 1.91. The van der Waals surface area contributed by atoms with Crippen LogP contribution in [0.3, 0.4) is 0 Å². The molecule has 0 spiro atoms. The lowest BCUT2D eigenvalue weighted by Gasteiger charge is -2.23. The third kappa shape index (κ3) is 3.39. The molecule has 2 aliphatic rings. The van der Waals surface area contributed by atoms with Crippen molar-refractivity contribution in [1.29, 1.82) is 0 Å². The zero-order valence-electron chi connectivity index (χ0n) is 14.3. The first-order valence-corrected chi connectivity index (χ1v) is 9.62. The van der Waals surface area contributed by atoms with E-state index in [1.54, 1.807) is 18.2 Å². The molecule has 0 aliphatic carbocycles. The van der Waals surface area contributed by atoms with Crippen molar-refractivity contribution in [2.45, 2.75) is 6.42 Å². The molecule has 26 heavy (non-hydrogen) atoms. The average Bonchev–Trinajstić information content (AvgIpc) is 3.11. The molecule has 1 aromatic heterocycles. The monoisotopic (exact) mass is 372 g/mol. The predicted molar refractivity (Wildman–Crippen MR) is 98.2 cm³/mol. The summed E-state index contributed by atoms with van der Waals surface area (Å²) >= 11 is 1.45. The van der Waals surface area contributed by atoms with E-state index in [0.29, 0.717) is 56.5 Å². The molecule has 2 amide bonds. The predicted octanol–water partition coefficient (Wildman–Crippen LogP) is 2.51. The summed E-state index contributed by atoms with van der Waals surface area (Å²) < 4.78 is 11.1. The van der Waals surface area contributed by atoms with Crippen LogP contribution in [0.2, 0.25) is 0 Å². The third-order valence-corrected chi connectivity index (χ3v) is 5.45. The second-order valence-corrected chi connectivity index (χ2v) is 7.22. The Bertz CT molecular complexity index is 806. The van der Waals surface area contributed by atoms with Crippen LogP contribution in [0.15, 0.2) is 35.7 Å². The van der Waals surface area contributed by atoms with Crippen LogP contribution in [0.1, 0.15) is 26.5 Å². The maximum Gasteiger partial charge on any atom is 0.263 e. The molecule has 1 fully saturated rings. The molecular weight excluding hydrogens is 352 g/mol. The molecule has 6 nitrogen and oxygen atoms in total.